The Kier molecular flexibility index (Phi) is 8.41. The van der Waals surface area contributed by atoms with Gasteiger partial charge in [-0.05, 0) is 18.2 Å². The Labute approximate surface area is 116 Å². The molecule has 0 atom stereocenters. The van der Waals surface area contributed by atoms with Crippen LogP contribution in [0.15, 0.2) is 24.3 Å². The van der Waals surface area contributed by atoms with Crippen molar-refractivity contribution in [3.63, 3.8) is 0 Å². The van der Waals surface area contributed by atoms with Crippen LogP contribution in [0.4, 0.5) is 0 Å². The van der Waals surface area contributed by atoms with E-state index in [1.807, 2.05) is 0 Å². The Morgan fingerprint density at radius 3 is 2.32 bits per heavy atom. The fourth-order valence-corrected chi connectivity index (χ4v) is 1.78. The first-order valence-corrected chi connectivity index (χ1v) is 6.71. The third kappa shape index (κ3) is 7.28. The zero-order chi connectivity index (χ0) is 13.9. The molecule has 0 aliphatic carbocycles. The van der Waals surface area contributed by atoms with Gasteiger partial charge in [0.15, 0.2) is 0 Å². The Morgan fingerprint density at radius 2 is 1.68 bits per heavy atom. The maximum absolute atomic E-state index is 5.09. The number of nitrogens with zero attached hydrogens (tertiary/aromatic N) is 1. The van der Waals surface area contributed by atoms with Gasteiger partial charge in [-0.25, -0.2) is 0 Å². The van der Waals surface area contributed by atoms with Crippen molar-refractivity contribution >= 4 is 0 Å². The molecule has 0 amide bonds. The molecule has 4 heteroatoms. The molecule has 0 saturated heterocycles. The van der Waals surface area contributed by atoms with Crippen LogP contribution in [-0.4, -0.2) is 52.4 Å². The average Bonchev–Trinajstić information content (AvgIpc) is 2.43. The lowest BCUT2D eigenvalue weighted by molar-refractivity contribution is 0.161. The van der Waals surface area contributed by atoms with Crippen LogP contribution in [0, 0.1) is 0 Å². The van der Waals surface area contributed by atoms with Gasteiger partial charge in [0.25, 0.3) is 0 Å². The minimum absolute atomic E-state index is 0.679. The summed E-state index contributed by atoms with van der Waals surface area (Å²) in [6.45, 7) is 5.37. The molecule has 1 aromatic rings. The number of rotatable bonds is 10. The monoisotopic (exact) mass is 266 g/mol. The van der Waals surface area contributed by atoms with Crippen molar-refractivity contribution in [3.05, 3.63) is 35.4 Å². The zero-order valence-corrected chi connectivity index (χ0v) is 12.3. The van der Waals surface area contributed by atoms with Crippen molar-refractivity contribution in [1.82, 2.24) is 10.2 Å². The normalized spacial score (nSPS) is 11.2. The molecule has 0 aliphatic rings. The number of methoxy groups -OCH3 is 2. The second kappa shape index (κ2) is 9.92. The van der Waals surface area contributed by atoms with Crippen molar-refractivity contribution in [2.45, 2.75) is 13.2 Å². The summed E-state index contributed by atoms with van der Waals surface area (Å²) in [5.74, 6) is 0. The smallest absolute Gasteiger partial charge is 0.0713 e. The van der Waals surface area contributed by atoms with Gasteiger partial charge in [-0.2, -0.15) is 0 Å². The van der Waals surface area contributed by atoms with Crippen molar-refractivity contribution in [1.29, 1.82) is 0 Å². The van der Waals surface area contributed by atoms with Gasteiger partial charge >= 0.3 is 0 Å². The molecule has 0 bridgehead atoms. The van der Waals surface area contributed by atoms with Crippen LogP contribution in [0.5, 0.6) is 0 Å². The third-order valence-corrected chi connectivity index (χ3v) is 3.01. The third-order valence-electron chi connectivity index (χ3n) is 3.01. The van der Waals surface area contributed by atoms with Gasteiger partial charge < -0.3 is 19.7 Å². The van der Waals surface area contributed by atoms with Gasteiger partial charge in [-0.15, -0.1) is 0 Å². The molecule has 0 fully saturated rings. The number of likely N-dealkylation sites (N-methyl/N-ethyl adjacent to an activating group) is 1. The predicted molar refractivity (Wildman–Crippen MR) is 78.2 cm³/mol. The molecule has 4 nitrogen and oxygen atoms in total. The Bertz CT molecular complexity index is 327. The van der Waals surface area contributed by atoms with Crippen molar-refractivity contribution in [2.24, 2.45) is 0 Å². The molecule has 0 saturated carbocycles. The molecule has 0 aliphatic heterocycles. The van der Waals surface area contributed by atoms with Crippen LogP contribution in [-0.2, 0) is 22.6 Å². The van der Waals surface area contributed by atoms with Crippen molar-refractivity contribution < 1.29 is 9.47 Å². The molecule has 1 N–H and O–H groups in total. The van der Waals surface area contributed by atoms with E-state index >= 15 is 0 Å². The molecule has 1 aromatic carbocycles. The molecule has 1 rings (SSSR count). The summed E-state index contributed by atoms with van der Waals surface area (Å²) < 4.78 is 10.1. The maximum atomic E-state index is 5.09. The summed E-state index contributed by atoms with van der Waals surface area (Å²) in [6, 6.07) is 8.53. The SMILES string of the molecule is COCCN(C)CCNCc1ccc(COC)cc1. The molecule has 0 aromatic heterocycles. The molecule has 0 unspecified atom stereocenters. The van der Waals surface area contributed by atoms with Crippen LogP contribution in [0.2, 0.25) is 0 Å². The van der Waals surface area contributed by atoms with Crippen LogP contribution < -0.4 is 5.32 Å². The van der Waals surface area contributed by atoms with Gasteiger partial charge in [0.1, 0.15) is 0 Å². The minimum Gasteiger partial charge on any atom is -0.383 e. The first-order chi connectivity index (χ1) is 9.26. The van der Waals surface area contributed by atoms with E-state index < -0.39 is 0 Å². The number of nitrogens with one attached hydrogen (secondary N) is 1. The van der Waals surface area contributed by atoms with E-state index in [0.29, 0.717) is 6.61 Å². The number of hydrogen-bond donors (Lipinski definition) is 1. The summed E-state index contributed by atoms with van der Waals surface area (Å²) in [4.78, 5) is 2.26. The summed E-state index contributed by atoms with van der Waals surface area (Å²) in [6.07, 6.45) is 0. The molecule has 0 heterocycles. The van der Waals surface area contributed by atoms with Gasteiger partial charge in [-0.1, -0.05) is 24.3 Å². The number of ether oxygens (including phenoxy) is 2. The van der Waals surface area contributed by atoms with Gasteiger partial charge in [0, 0.05) is 40.4 Å². The van der Waals surface area contributed by atoms with Gasteiger partial charge in [0.05, 0.1) is 13.2 Å². The Hall–Kier alpha value is -0.940. The van der Waals surface area contributed by atoms with Crippen LogP contribution in [0.3, 0.4) is 0 Å². The Balaban J connectivity index is 2.15. The second-order valence-corrected chi connectivity index (χ2v) is 4.72. The minimum atomic E-state index is 0.679. The molecular formula is C15H26N2O2. The van der Waals surface area contributed by atoms with Crippen molar-refractivity contribution in [3.8, 4) is 0 Å². The molecule has 0 spiro atoms. The summed E-state index contributed by atoms with van der Waals surface area (Å²) in [7, 11) is 5.56. The largest absolute Gasteiger partial charge is 0.383 e. The topological polar surface area (TPSA) is 33.7 Å². The highest BCUT2D eigenvalue weighted by Gasteiger charge is 1.98. The van der Waals surface area contributed by atoms with Gasteiger partial charge in [-0.3, -0.25) is 0 Å². The van der Waals surface area contributed by atoms with Crippen molar-refractivity contribution in [2.75, 3.05) is 47.5 Å². The van der Waals surface area contributed by atoms with E-state index in [1.54, 1.807) is 14.2 Å². The fourth-order valence-electron chi connectivity index (χ4n) is 1.78. The summed E-state index contributed by atoms with van der Waals surface area (Å²) in [5, 5.41) is 3.45. The second-order valence-electron chi connectivity index (χ2n) is 4.72. The lowest BCUT2D eigenvalue weighted by Crippen LogP contribution is -2.31. The highest BCUT2D eigenvalue weighted by molar-refractivity contribution is 5.21. The van der Waals surface area contributed by atoms with Gasteiger partial charge in [0.2, 0.25) is 0 Å². The highest BCUT2D eigenvalue weighted by atomic mass is 16.5. The lowest BCUT2D eigenvalue weighted by atomic mass is 10.1. The quantitative estimate of drug-likeness (QED) is 0.651. The van der Waals surface area contributed by atoms with Crippen LogP contribution >= 0.6 is 0 Å². The van der Waals surface area contributed by atoms with Crippen LogP contribution in [0.25, 0.3) is 0 Å². The van der Waals surface area contributed by atoms with E-state index in [2.05, 4.69) is 41.5 Å². The highest BCUT2D eigenvalue weighted by Crippen LogP contribution is 2.05. The first-order valence-electron chi connectivity index (χ1n) is 6.71. The molecule has 0 radical (unpaired) electrons. The lowest BCUT2D eigenvalue weighted by Gasteiger charge is -2.16. The zero-order valence-electron chi connectivity index (χ0n) is 12.3. The maximum Gasteiger partial charge on any atom is 0.0713 e. The molecule has 19 heavy (non-hydrogen) atoms. The van der Waals surface area contributed by atoms with E-state index in [4.69, 9.17) is 9.47 Å². The Morgan fingerprint density at radius 1 is 1.00 bits per heavy atom. The summed E-state index contributed by atoms with van der Waals surface area (Å²) >= 11 is 0. The molecular weight excluding hydrogens is 240 g/mol. The van der Waals surface area contributed by atoms with E-state index in [9.17, 15) is 0 Å². The van der Waals surface area contributed by atoms with Crippen LogP contribution in [0.1, 0.15) is 11.1 Å². The number of hydrogen-bond acceptors (Lipinski definition) is 4. The fraction of sp³-hybridized carbons (Fsp3) is 0.600. The first kappa shape index (κ1) is 16.1. The summed E-state index contributed by atoms with van der Waals surface area (Å²) in [5.41, 5.74) is 2.52. The van der Waals surface area contributed by atoms with E-state index in [1.165, 1.54) is 11.1 Å². The average molecular weight is 266 g/mol. The van der Waals surface area contributed by atoms with E-state index in [0.717, 1.165) is 32.8 Å². The van der Waals surface area contributed by atoms with E-state index in [-0.39, 0.29) is 0 Å². The predicted octanol–water partition coefficient (Wildman–Crippen LogP) is 1.50. The molecule has 108 valence electrons. The number of benzene rings is 1. The standard InChI is InChI=1S/C15H26N2O2/c1-17(10-11-18-2)9-8-16-12-14-4-6-15(7-5-14)13-19-3/h4-7,16H,8-13H2,1-3H3.